The number of hydrogen-bond acceptors (Lipinski definition) is 2. The Hall–Kier alpha value is -0.340. The lowest BCUT2D eigenvalue weighted by Gasteiger charge is -2.52. The first-order valence-corrected chi connectivity index (χ1v) is 6.95. The van der Waals surface area contributed by atoms with Crippen LogP contribution in [0, 0.1) is 23.7 Å². The summed E-state index contributed by atoms with van der Waals surface area (Å²) in [6.07, 6.45) is 4.49. The summed E-state index contributed by atoms with van der Waals surface area (Å²) in [5, 5.41) is 21.0. The highest BCUT2D eigenvalue weighted by molar-refractivity contribution is 5.20. The molecule has 5 atom stereocenters. The zero-order chi connectivity index (χ0) is 12.8. The summed E-state index contributed by atoms with van der Waals surface area (Å²) in [5.74, 6) is 1.67. The van der Waals surface area contributed by atoms with Gasteiger partial charge in [-0.05, 0) is 43.1 Å². The summed E-state index contributed by atoms with van der Waals surface area (Å²) in [6, 6.07) is 0. The molecule has 2 nitrogen and oxygen atoms in total. The van der Waals surface area contributed by atoms with Crippen molar-refractivity contribution in [3.05, 3.63) is 11.6 Å². The van der Waals surface area contributed by atoms with Gasteiger partial charge in [-0.1, -0.05) is 26.8 Å². The van der Waals surface area contributed by atoms with E-state index in [0.29, 0.717) is 24.2 Å². The molecule has 0 radical (unpaired) electrons. The van der Waals surface area contributed by atoms with Gasteiger partial charge in [-0.25, -0.2) is 0 Å². The van der Waals surface area contributed by atoms with E-state index in [2.05, 4.69) is 26.8 Å². The summed E-state index contributed by atoms with van der Waals surface area (Å²) < 4.78 is 0. The van der Waals surface area contributed by atoms with Crippen LogP contribution in [0.5, 0.6) is 0 Å². The molecular formula is C15H26O2. The predicted molar refractivity (Wildman–Crippen MR) is 69.5 cm³/mol. The van der Waals surface area contributed by atoms with Crippen molar-refractivity contribution >= 4 is 0 Å². The topological polar surface area (TPSA) is 40.5 Å². The van der Waals surface area contributed by atoms with Crippen LogP contribution < -0.4 is 0 Å². The molecule has 2 N–H and O–H groups in total. The van der Waals surface area contributed by atoms with Gasteiger partial charge in [-0.3, -0.25) is 0 Å². The first-order chi connectivity index (χ1) is 7.86. The van der Waals surface area contributed by atoms with E-state index in [9.17, 15) is 10.2 Å². The minimum Gasteiger partial charge on any atom is -0.389 e. The molecule has 1 saturated carbocycles. The smallest absolute Gasteiger partial charge is 0.0775 e. The van der Waals surface area contributed by atoms with Gasteiger partial charge in [-0.2, -0.15) is 0 Å². The SMILES string of the molecule is CC1=CC2C(C(C)C)CCC(C)C2(O)CC1O. The third kappa shape index (κ3) is 2.06. The first kappa shape index (κ1) is 13.1. The van der Waals surface area contributed by atoms with E-state index in [1.54, 1.807) is 0 Å². The van der Waals surface area contributed by atoms with Crippen LogP contribution in [0.4, 0.5) is 0 Å². The predicted octanol–water partition coefficient (Wildman–Crippen LogP) is 2.75. The minimum absolute atomic E-state index is 0.231. The van der Waals surface area contributed by atoms with E-state index in [0.717, 1.165) is 12.0 Å². The standard InChI is InChI=1S/C15H26O2/c1-9(2)12-6-5-11(4)15(17)8-14(16)10(3)7-13(12)15/h7,9,11-14,16-17H,5-6,8H2,1-4H3. The molecule has 0 saturated heterocycles. The number of hydrogen-bond donors (Lipinski definition) is 2. The first-order valence-electron chi connectivity index (χ1n) is 6.95. The maximum atomic E-state index is 11.0. The van der Waals surface area contributed by atoms with Crippen LogP contribution >= 0.6 is 0 Å². The normalized spacial score (nSPS) is 46.6. The lowest BCUT2D eigenvalue weighted by atomic mass is 9.57. The molecule has 2 rings (SSSR count). The molecule has 17 heavy (non-hydrogen) atoms. The second kappa shape index (κ2) is 4.40. The van der Waals surface area contributed by atoms with E-state index in [4.69, 9.17) is 0 Å². The Morgan fingerprint density at radius 3 is 2.59 bits per heavy atom. The molecule has 0 aromatic rings. The average molecular weight is 238 g/mol. The monoisotopic (exact) mass is 238 g/mol. The largest absolute Gasteiger partial charge is 0.389 e. The van der Waals surface area contributed by atoms with Crippen LogP contribution in [0.1, 0.15) is 47.0 Å². The summed E-state index contributed by atoms with van der Waals surface area (Å²) >= 11 is 0. The van der Waals surface area contributed by atoms with E-state index in [-0.39, 0.29) is 5.92 Å². The number of aliphatic hydroxyl groups is 2. The zero-order valence-electron chi connectivity index (χ0n) is 11.5. The fraction of sp³-hybridized carbons (Fsp3) is 0.867. The van der Waals surface area contributed by atoms with E-state index in [1.165, 1.54) is 6.42 Å². The Kier molecular flexibility index (Phi) is 3.39. The van der Waals surface area contributed by atoms with Crippen LogP contribution in [0.2, 0.25) is 0 Å². The van der Waals surface area contributed by atoms with Gasteiger partial charge in [-0.15, -0.1) is 0 Å². The van der Waals surface area contributed by atoms with Crippen molar-refractivity contribution in [2.24, 2.45) is 23.7 Å². The molecule has 2 heteroatoms. The highest BCUT2D eigenvalue weighted by Gasteiger charge is 2.51. The maximum Gasteiger partial charge on any atom is 0.0775 e. The van der Waals surface area contributed by atoms with Crippen molar-refractivity contribution in [2.45, 2.75) is 58.7 Å². The molecule has 2 aliphatic rings. The fourth-order valence-electron chi connectivity index (χ4n) is 3.79. The van der Waals surface area contributed by atoms with Gasteiger partial charge in [0.05, 0.1) is 11.7 Å². The molecule has 0 amide bonds. The lowest BCUT2D eigenvalue weighted by molar-refractivity contribution is -0.128. The second-order valence-corrected chi connectivity index (χ2v) is 6.53. The van der Waals surface area contributed by atoms with Crippen LogP contribution in [0.25, 0.3) is 0 Å². The average Bonchev–Trinajstić information content (AvgIpc) is 2.23. The van der Waals surface area contributed by atoms with Crippen molar-refractivity contribution < 1.29 is 10.2 Å². The molecular weight excluding hydrogens is 212 g/mol. The van der Waals surface area contributed by atoms with Gasteiger partial charge in [0.15, 0.2) is 0 Å². The van der Waals surface area contributed by atoms with Gasteiger partial charge in [0.1, 0.15) is 0 Å². The number of rotatable bonds is 1. The van der Waals surface area contributed by atoms with E-state index in [1.807, 2.05) is 6.92 Å². The quantitative estimate of drug-likeness (QED) is 0.690. The molecule has 1 fully saturated rings. The number of aliphatic hydroxyl groups excluding tert-OH is 1. The van der Waals surface area contributed by atoms with Crippen LogP contribution in [-0.4, -0.2) is 21.9 Å². The fourth-order valence-corrected chi connectivity index (χ4v) is 3.79. The second-order valence-electron chi connectivity index (χ2n) is 6.53. The molecule has 0 heterocycles. The van der Waals surface area contributed by atoms with Crippen molar-refractivity contribution in [3.8, 4) is 0 Å². The molecule has 0 aromatic carbocycles. The van der Waals surface area contributed by atoms with Crippen LogP contribution in [-0.2, 0) is 0 Å². The third-order valence-corrected chi connectivity index (χ3v) is 5.17. The van der Waals surface area contributed by atoms with Crippen molar-refractivity contribution in [3.63, 3.8) is 0 Å². The molecule has 0 aromatic heterocycles. The third-order valence-electron chi connectivity index (χ3n) is 5.17. The Morgan fingerprint density at radius 2 is 2.00 bits per heavy atom. The van der Waals surface area contributed by atoms with Gasteiger partial charge in [0.2, 0.25) is 0 Å². The van der Waals surface area contributed by atoms with Gasteiger partial charge >= 0.3 is 0 Å². The van der Waals surface area contributed by atoms with Gasteiger partial charge in [0, 0.05) is 12.3 Å². The Labute approximate surface area is 105 Å². The highest BCUT2D eigenvalue weighted by atomic mass is 16.3. The Morgan fingerprint density at radius 1 is 1.35 bits per heavy atom. The van der Waals surface area contributed by atoms with Crippen molar-refractivity contribution in [1.29, 1.82) is 0 Å². The molecule has 0 aliphatic heterocycles. The molecule has 2 aliphatic carbocycles. The maximum absolute atomic E-state index is 11.0. The molecule has 0 bridgehead atoms. The molecule has 98 valence electrons. The lowest BCUT2D eigenvalue weighted by Crippen LogP contribution is -2.55. The van der Waals surface area contributed by atoms with Crippen molar-refractivity contribution in [2.75, 3.05) is 0 Å². The van der Waals surface area contributed by atoms with Crippen LogP contribution in [0.3, 0.4) is 0 Å². The van der Waals surface area contributed by atoms with Crippen LogP contribution in [0.15, 0.2) is 11.6 Å². The molecule has 5 unspecified atom stereocenters. The Bertz CT molecular complexity index is 321. The van der Waals surface area contributed by atoms with Gasteiger partial charge < -0.3 is 10.2 Å². The summed E-state index contributed by atoms with van der Waals surface area (Å²) in [7, 11) is 0. The zero-order valence-corrected chi connectivity index (χ0v) is 11.5. The van der Waals surface area contributed by atoms with E-state index < -0.39 is 11.7 Å². The van der Waals surface area contributed by atoms with Gasteiger partial charge in [0.25, 0.3) is 0 Å². The Balaban J connectivity index is 2.37. The molecule has 0 spiro atoms. The summed E-state index contributed by atoms with van der Waals surface area (Å²) in [6.45, 7) is 8.61. The highest BCUT2D eigenvalue weighted by Crippen LogP contribution is 2.50. The van der Waals surface area contributed by atoms with E-state index >= 15 is 0 Å². The van der Waals surface area contributed by atoms with Crippen molar-refractivity contribution in [1.82, 2.24) is 0 Å². The summed E-state index contributed by atoms with van der Waals surface area (Å²) in [5.41, 5.74) is 0.353. The number of fused-ring (bicyclic) bond motifs is 1. The summed E-state index contributed by atoms with van der Waals surface area (Å²) in [4.78, 5) is 0. The minimum atomic E-state index is -0.688.